The first-order valence-corrected chi connectivity index (χ1v) is 13.0. The highest BCUT2D eigenvalue weighted by molar-refractivity contribution is 5.95. The van der Waals surface area contributed by atoms with Crippen LogP contribution in [0, 0.1) is 11.3 Å². The third-order valence-corrected chi connectivity index (χ3v) is 8.31. The third kappa shape index (κ3) is 4.60. The Kier molecular flexibility index (Phi) is 6.17. The van der Waals surface area contributed by atoms with Gasteiger partial charge in [-0.25, -0.2) is 0 Å². The molecule has 0 radical (unpaired) electrons. The molecule has 2 aromatic carbocycles. The van der Waals surface area contributed by atoms with Crippen molar-refractivity contribution in [1.29, 1.82) is 0 Å². The molecule has 3 fully saturated rings. The maximum Gasteiger partial charge on any atom is 0.253 e. The molecule has 4 aliphatic rings. The maximum atomic E-state index is 13.3. The first-order valence-electron chi connectivity index (χ1n) is 13.0. The molecule has 3 heterocycles. The number of ether oxygens (including phenoxy) is 2. The minimum atomic E-state index is 0.0316. The Hall–Kier alpha value is -3.32. The number of hydrogen-bond acceptors (Lipinski definition) is 5. The lowest BCUT2D eigenvalue weighted by molar-refractivity contribution is -0.135. The van der Waals surface area contributed by atoms with Gasteiger partial charge in [0.25, 0.3) is 5.91 Å². The van der Waals surface area contributed by atoms with E-state index in [1.807, 2.05) is 11.0 Å². The molecule has 36 heavy (non-hydrogen) atoms. The molecule has 1 aliphatic carbocycles. The highest BCUT2D eigenvalue weighted by atomic mass is 16.7. The molecule has 3 aliphatic heterocycles. The van der Waals surface area contributed by atoms with Gasteiger partial charge in [-0.15, -0.1) is 0 Å². The van der Waals surface area contributed by atoms with Gasteiger partial charge >= 0.3 is 0 Å². The maximum absolute atomic E-state index is 13.3. The summed E-state index contributed by atoms with van der Waals surface area (Å²) in [6.07, 6.45) is 7.16. The molecule has 0 unspecified atom stereocenters. The molecule has 7 nitrogen and oxygen atoms in total. The van der Waals surface area contributed by atoms with E-state index in [4.69, 9.17) is 9.47 Å². The number of carbonyl (C=O) groups is 2. The molecule has 2 amide bonds. The fraction of sp³-hybridized carbons (Fsp3) is 0.448. The number of carbonyl (C=O) groups excluding carboxylic acids is 2. The zero-order valence-corrected chi connectivity index (χ0v) is 20.6. The van der Waals surface area contributed by atoms with E-state index in [1.54, 1.807) is 18.2 Å². The van der Waals surface area contributed by atoms with Crippen molar-refractivity contribution in [3.8, 4) is 11.5 Å². The van der Waals surface area contributed by atoms with Crippen LogP contribution < -0.4 is 9.47 Å². The second-order valence-corrected chi connectivity index (χ2v) is 10.4. The van der Waals surface area contributed by atoms with Crippen LogP contribution in [0.3, 0.4) is 0 Å². The quantitative estimate of drug-likeness (QED) is 0.646. The van der Waals surface area contributed by atoms with Gasteiger partial charge in [-0.3, -0.25) is 14.5 Å². The molecule has 2 aromatic rings. The van der Waals surface area contributed by atoms with Crippen molar-refractivity contribution in [2.75, 3.05) is 52.6 Å². The van der Waals surface area contributed by atoms with Crippen LogP contribution in [0.2, 0.25) is 0 Å². The third-order valence-electron chi connectivity index (χ3n) is 8.31. The molecule has 6 rings (SSSR count). The zero-order chi connectivity index (χ0) is 24.5. The Labute approximate surface area is 212 Å². The van der Waals surface area contributed by atoms with Crippen LogP contribution in [0.1, 0.15) is 35.2 Å². The summed E-state index contributed by atoms with van der Waals surface area (Å²) in [7, 11) is 0. The second-order valence-electron chi connectivity index (χ2n) is 10.4. The van der Waals surface area contributed by atoms with Crippen LogP contribution in [-0.4, -0.2) is 79.1 Å². The molecular formula is C29H33N3O4. The number of hydrogen-bond donors (Lipinski definition) is 0. The van der Waals surface area contributed by atoms with Gasteiger partial charge in [-0.05, 0) is 48.4 Å². The van der Waals surface area contributed by atoms with Gasteiger partial charge < -0.3 is 19.3 Å². The van der Waals surface area contributed by atoms with Gasteiger partial charge in [0.15, 0.2) is 11.5 Å². The Balaban J connectivity index is 0.962. The van der Waals surface area contributed by atoms with Gasteiger partial charge in [-0.1, -0.05) is 42.5 Å². The number of piperazine rings is 1. The average molecular weight is 488 g/mol. The van der Waals surface area contributed by atoms with E-state index >= 15 is 0 Å². The summed E-state index contributed by atoms with van der Waals surface area (Å²) >= 11 is 0. The Morgan fingerprint density at radius 1 is 0.889 bits per heavy atom. The minimum absolute atomic E-state index is 0.0316. The normalized spacial score (nSPS) is 22.8. The van der Waals surface area contributed by atoms with Crippen LogP contribution in [0.4, 0.5) is 0 Å². The van der Waals surface area contributed by atoms with Crippen LogP contribution in [0.15, 0.2) is 54.6 Å². The Bertz CT molecular complexity index is 1150. The molecule has 7 heteroatoms. The molecule has 1 atom stereocenters. The topological polar surface area (TPSA) is 62.3 Å². The molecule has 188 valence electrons. The second kappa shape index (κ2) is 9.62. The lowest BCUT2D eigenvalue weighted by Gasteiger charge is -2.36. The van der Waals surface area contributed by atoms with Gasteiger partial charge in [0.2, 0.25) is 12.7 Å². The highest BCUT2D eigenvalue weighted by Crippen LogP contribution is 2.60. The van der Waals surface area contributed by atoms with Gasteiger partial charge in [0.05, 0.1) is 0 Å². The number of likely N-dealkylation sites (tertiary alicyclic amines) is 1. The summed E-state index contributed by atoms with van der Waals surface area (Å²) in [6, 6.07) is 15.7. The van der Waals surface area contributed by atoms with E-state index in [0.29, 0.717) is 36.1 Å². The lowest BCUT2D eigenvalue weighted by Crippen LogP contribution is -2.49. The lowest BCUT2D eigenvalue weighted by atomic mass is 9.90. The molecule has 0 aromatic heterocycles. The van der Waals surface area contributed by atoms with Crippen LogP contribution in [-0.2, 0) is 4.79 Å². The van der Waals surface area contributed by atoms with Crippen molar-refractivity contribution >= 4 is 17.9 Å². The predicted molar refractivity (Wildman–Crippen MR) is 137 cm³/mol. The number of piperidine rings is 1. The predicted octanol–water partition coefficient (Wildman–Crippen LogP) is 3.52. The first-order chi connectivity index (χ1) is 17.6. The molecule has 2 saturated heterocycles. The van der Waals surface area contributed by atoms with Crippen molar-refractivity contribution in [2.45, 2.75) is 19.3 Å². The fourth-order valence-electron chi connectivity index (χ4n) is 5.89. The monoisotopic (exact) mass is 487 g/mol. The number of nitrogens with zero attached hydrogens (tertiary/aromatic N) is 3. The van der Waals surface area contributed by atoms with E-state index < -0.39 is 0 Å². The Morgan fingerprint density at radius 2 is 1.64 bits per heavy atom. The van der Waals surface area contributed by atoms with Crippen LogP contribution in [0.25, 0.3) is 6.08 Å². The molecule has 1 saturated carbocycles. The van der Waals surface area contributed by atoms with Gasteiger partial charge in [-0.2, -0.15) is 0 Å². The SMILES string of the molecule is O=C(c1ccc2c(c1)OCO2)N1CCC2(CC1)C[C@@H]2C(=O)N1CCN(C/C=C/c2ccccc2)CC1. The fourth-order valence-corrected chi connectivity index (χ4v) is 5.89. The summed E-state index contributed by atoms with van der Waals surface area (Å²) < 4.78 is 10.8. The highest BCUT2D eigenvalue weighted by Gasteiger charge is 2.59. The largest absolute Gasteiger partial charge is 0.454 e. The molecular weight excluding hydrogens is 454 g/mol. The van der Waals surface area contributed by atoms with Crippen molar-refractivity contribution in [3.63, 3.8) is 0 Å². The van der Waals surface area contributed by atoms with E-state index in [2.05, 4.69) is 46.2 Å². The number of fused-ring (bicyclic) bond motifs is 1. The van der Waals surface area contributed by atoms with Crippen molar-refractivity contribution < 1.29 is 19.1 Å². The van der Waals surface area contributed by atoms with Crippen LogP contribution >= 0.6 is 0 Å². The average Bonchev–Trinajstić information content (AvgIpc) is 3.40. The van der Waals surface area contributed by atoms with Crippen molar-refractivity contribution in [1.82, 2.24) is 14.7 Å². The molecule has 0 bridgehead atoms. The number of amides is 2. The summed E-state index contributed by atoms with van der Waals surface area (Å²) in [5, 5.41) is 0. The first kappa shape index (κ1) is 23.1. The van der Waals surface area contributed by atoms with Crippen molar-refractivity contribution in [3.05, 3.63) is 65.7 Å². The van der Waals surface area contributed by atoms with E-state index in [9.17, 15) is 9.59 Å². The summed E-state index contributed by atoms with van der Waals surface area (Å²) in [5.41, 5.74) is 1.95. The van der Waals surface area contributed by atoms with E-state index in [-0.39, 0.29) is 24.0 Å². The Morgan fingerprint density at radius 3 is 2.42 bits per heavy atom. The van der Waals surface area contributed by atoms with E-state index in [1.165, 1.54) is 5.56 Å². The molecule has 0 N–H and O–H groups in total. The standard InChI is InChI=1S/C29H33N3O4/c33-27(23-8-9-25-26(19-23)36-21-35-25)31-13-10-29(11-14-31)20-24(29)28(34)32-17-15-30(16-18-32)12-4-7-22-5-2-1-3-6-22/h1-9,19,24H,10-18,20-21H2/b7-4+/t24-/m1/s1. The summed E-state index contributed by atoms with van der Waals surface area (Å²) in [6.45, 7) is 5.98. The zero-order valence-electron chi connectivity index (χ0n) is 20.6. The number of benzene rings is 2. The molecule has 1 spiro atoms. The number of rotatable bonds is 5. The van der Waals surface area contributed by atoms with Gasteiger partial charge in [0, 0.05) is 57.3 Å². The van der Waals surface area contributed by atoms with Gasteiger partial charge in [0.1, 0.15) is 0 Å². The summed E-state index contributed by atoms with van der Waals surface area (Å²) in [4.78, 5) is 32.7. The van der Waals surface area contributed by atoms with Crippen molar-refractivity contribution in [2.24, 2.45) is 11.3 Å². The smallest absolute Gasteiger partial charge is 0.253 e. The van der Waals surface area contributed by atoms with Crippen LogP contribution in [0.5, 0.6) is 11.5 Å². The summed E-state index contributed by atoms with van der Waals surface area (Å²) in [5.74, 6) is 1.81. The minimum Gasteiger partial charge on any atom is -0.454 e. The van der Waals surface area contributed by atoms with E-state index in [0.717, 1.165) is 52.0 Å².